The van der Waals surface area contributed by atoms with Crippen LogP contribution < -0.4 is 4.90 Å². The second kappa shape index (κ2) is 7.40. The lowest BCUT2D eigenvalue weighted by Crippen LogP contribution is -2.35. The maximum Gasteiger partial charge on any atom is 0.146 e. The van der Waals surface area contributed by atoms with Crippen LogP contribution in [0, 0.1) is 17.7 Å². The van der Waals surface area contributed by atoms with Gasteiger partial charge in [0.2, 0.25) is 0 Å². The van der Waals surface area contributed by atoms with E-state index >= 15 is 0 Å². The van der Waals surface area contributed by atoms with Gasteiger partial charge in [-0.25, -0.2) is 4.39 Å². The zero-order valence-electron chi connectivity index (χ0n) is 12.1. The van der Waals surface area contributed by atoms with Crippen LogP contribution in [0.1, 0.15) is 40.5 Å². The number of hydrogen-bond acceptors (Lipinski definition) is 1. The molecule has 0 spiro atoms. The molecule has 1 fully saturated rings. The van der Waals surface area contributed by atoms with E-state index in [-0.39, 0.29) is 5.82 Å². The van der Waals surface area contributed by atoms with E-state index in [1.165, 1.54) is 12.8 Å². The second-order valence-electron chi connectivity index (χ2n) is 5.02. The monoisotopic (exact) mass is 251 g/mol. The summed E-state index contributed by atoms with van der Waals surface area (Å²) in [4.78, 5) is 2.17. The summed E-state index contributed by atoms with van der Waals surface area (Å²) in [5.74, 6) is 1.47. The molecule has 18 heavy (non-hydrogen) atoms. The highest BCUT2D eigenvalue weighted by Gasteiger charge is 2.22. The van der Waals surface area contributed by atoms with Crippen LogP contribution >= 0.6 is 0 Å². The summed E-state index contributed by atoms with van der Waals surface area (Å²) < 4.78 is 13.6. The van der Waals surface area contributed by atoms with Crippen LogP contribution in [0.15, 0.2) is 24.3 Å². The number of benzene rings is 1. The van der Waals surface area contributed by atoms with Crippen molar-refractivity contribution in [3.05, 3.63) is 30.1 Å². The Morgan fingerprint density at radius 2 is 1.67 bits per heavy atom. The zero-order valence-corrected chi connectivity index (χ0v) is 12.1. The lowest BCUT2D eigenvalue weighted by molar-refractivity contribution is 0.310. The molecule has 0 radical (unpaired) electrons. The minimum atomic E-state index is -0.0921. The van der Waals surface area contributed by atoms with Crippen LogP contribution in [0.4, 0.5) is 10.1 Å². The number of nitrogens with zero attached hydrogens (tertiary/aromatic N) is 1. The summed E-state index contributed by atoms with van der Waals surface area (Å²) in [6.45, 7) is 10.5. The molecule has 1 aliphatic rings. The van der Waals surface area contributed by atoms with Gasteiger partial charge in [-0.1, -0.05) is 39.8 Å². The Kier molecular flexibility index (Phi) is 6.17. The second-order valence-corrected chi connectivity index (χ2v) is 5.02. The third kappa shape index (κ3) is 3.72. The van der Waals surface area contributed by atoms with Gasteiger partial charge in [0.25, 0.3) is 0 Å². The lowest BCUT2D eigenvalue weighted by Gasteiger charge is -2.35. The molecule has 0 amide bonds. The molecule has 0 aliphatic carbocycles. The van der Waals surface area contributed by atoms with Gasteiger partial charge in [-0.3, -0.25) is 0 Å². The predicted molar refractivity (Wildman–Crippen MR) is 77.5 cm³/mol. The van der Waals surface area contributed by atoms with Gasteiger partial charge >= 0.3 is 0 Å². The number of anilines is 1. The minimum absolute atomic E-state index is 0.0921. The molecular formula is C16H26FN. The summed E-state index contributed by atoms with van der Waals surface area (Å²) in [7, 11) is 0. The third-order valence-corrected chi connectivity index (χ3v) is 3.68. The number of rotatable bonds is 2. The Morgan fingerprint density at radius 3 is 2.17 bits per heavy atom. The number of piperidine rings is 1. The van der Waals surface area contributed by atoms with Gasteiger partial charge in [0.15, 0.2) is 0 Å². The fourth-order valence-electron chi connectivity index (χ4n) is 2.52. The quantitative estimate of drug-likeness (QED) is 0.735. The lowest BCUT2D eigenvalue weighted by atomic mass is 9.86. The standard InChI is InChI=1S/C14H20FN.C2H6/c1-11(2)12-7-9-16(10-8-12)14-6-4-3-5-13(14)15;1-2/h3-6,11-12H,7-10H2,1-2H3;1-2H3. The topological polar surface area (TPSA) is 3.24 Å². The van der Waals surface area contributed by atoms with Crippen LogP contribution in [0.5, 0.6) is 0 Å². The van der Waals surface area contributed by atoms with E-state index in [0.29, 0.717) is 0 Å². The van der Waals surface area contributed by atoms with E-state index < -0.39 is 0 Å². The molecule has 0 N–H and O–H groups in total. The molecule has 1 saturated heterocycles. The van der Waals surface area contributed by atoms with Crippen molar-refractivity contribution in [3.8, 4) is 0 Å². The van der Waals surface area contributed by atoms with Gasteiger partial charge in [0, 0.05) is 13.1 Å². The van der Waals surface area contributed by atoms with Crippen LogP contribution in [-0.2, 0) is 0 Å². The molecule has 1 aromatic rings. The van der Waals surface area contributed by atoms with Gasteiger partial charge < -0.3 is 4.90 Å². The van der Waals surface area contributed by atoms with E-state index in [1.807, 2.05) is 26.0 Å². The molecule has 2 heteroatoms. The van der Waals surface area contributed by atoms with E-state index in [1.54, 1.807) is 12.1 Å². The van der Waals surface area contributed by atoms with Gasteiger partial charge in [-0.05, 0) is 36.8 Å². The molecular weight excluding hydrogens is 225 g/mol. The Hall–Kier alpha value is -1.05. The smallest absolute Gasteiger partial charge is 0.146 e. The normalized spacial score (nSPS) is 16.4. The van der Waals surface area contributed by atoms with Crippen molar-refractivity contribution in [2.75, 3.05) is 18.0 Å². The first-order valence-corrected chi connectivity index (χ1v) is 7.18. The van der Waals surface area contributed by atoms with Crippen molar-refractivity contribution in [2.45, 2.75) is 40.5 Å². The first-order chi connectivity index (χ1) is 8.68. The summed E-state index contributed by atoms with van der Waals surface area (Å²) in [5, 5.41) is 0. The fraction of sp³-hybridized carbons (Fsp3) is 0.625. The molecule has 0 atom stereocenters. The summed E-state index contributed by atoms with van der Waals surface area (Å²) in [6, 6.07) is 7.08. The van der Waals surface area contributed by atoms with Gasteiger partial charge in [-0.15, -0.1) is 0 Å². The van der Waals surface area contributed by atoms with Crippen LogP contribution in [-0.4, -0.2) is 13.1 Å². The number of hydrogen-bond donors (Lipinski definition) is 0. The third-order valence-electron chi connectivity index (χ3n) is 3.68. The van der Waals surface area contributed by atoms with Gasteiger partial charge in [0.05, 0.1) is 5.69 Å². The van der Waals surface area contributed by atoms with Crippen molar-refractivity contribution in [1.82, 2.24) is 0 Å². The Balaban J connectivity index is 0.000000771. The highest BCUT2D eigenvalue weighted by Crippen LogP contribution is 2.28. The van der Waals surface area contributed by atoms with Gasteiger partial charge in [-0.2, -0.15) is 0 Å². The van der Waals surface area contributed by atoms with E-state index in [4.69, 9.17) is 0 Å². The molecule has 1 heterocycles. The van der Waals surface area contributed by atoms with E-state index in [0.717, 1.165) is 30.6 Å². The Labute approximate surface area is 111 Å². The van der Waals surface area contributed by atoms with Crippen LogP contribution in [0.3, 0.4) is 0 Å². The minimum Gasteiger partial charge on any atom is -0.369 e. The van der Waals surface area contributed by atoms with E-state index in [2.05, 4.69) is 18.7 Å². The number of para-hydroxylation sites is 1. The zero-order chi connectivity index (χ0) is 13.5. The Bertz CT molecular complexity index is 341. The Morgan fingerprint density at radius 1 is 1.11 bits per heavy atom. The van der Waals surface area contributed by atoms with Gasteiger partial charge in [0.1, 0.15) is 5.82 Å². The predicted octanol–water partition coefficient (Wildman–Crippen LogP) is 4.72. The fourth-order valence-corrected chi connectivity index (χ4v) is 2.52. The molecule has 0 unspecified atom stereocenters. The highest BCUT2D eigenvalue weighted by molar-refractivity contribution is 5.47. The summed E-state index contributed by atoms with van der Waals surface area (Å²) >= 11 is 0. The molecule has 1 aliphatic heterocycles. The largest absolute Gasteiger partial charge is 0.369 e. The average Bonchev–Trinajstić information content (AvgIpc) is 2.42. The molecule has 0 saturated carbocycles. The maximum absolute atomic E-state index is 13.6. The molecule has 1 aromatic carbocycles. The van der Waals surface area contributed by atoms with Crippen molar-refractivity contribution < 1.29 is 4.39 Å². The molecule has 0 bridgehead atoms. The maximum atomic E-state index is 13.6. The van der Waals surface area contributed by atoms with Crippen LogP contribution in [0.25, 0.3) is 0 Å². The molecule has 102 valence electrons. The number of halogens is 1. The molecule has 1 nitrogen and oxygen atoms in total. The van der Waals surface area contributed by atoms with Crippen molar-refractivity contribution in [2.24, 2.45) is 11.8 Å². The van der Waals surface area contributed by atoms with Crippen LogP contribution in [0.2, 0.25) is 0 Å². The summed E-state index contributed by atoms with van der Waals surface area (Å²) in [6.07, 6.45) is 2.37. The van der Waals surface area contributed by atoms with Crippen molar-refractivity contribution >= 4 is 5.69 Å². The van der Waals surface area contributed by atoms with Crippen molar-refractivity contribution in [3.63, 3.8) is 0 Å². The molecule has 0 aromatic heterocycles. The highest BCUT2D eigenvalue weighted by atomic mass is 19.1. The average molecular weight is 251 g/mol. The SMILES string of the molecule is CC.CC(C)C1CCN(c2ccccc2F)CC1. The van der Waals surface area contributed by atoms with E-state index in [9.17, 15) is 4.39 Å². The van der Waals surface area contributed by atoms with Crippen molar-refractivity contribution in [1.29, 1.82) is 0 Å². The first kappa shape index (κ1) is 15.0. The summed E-state index contributed by atoms with van der Waals surface area (Å²) in [5.41, 5.74) is 0.768. The first-order valence-electron chi connectivity index (χ1n) is 7.18. The molecule has 2 rings (SSSR count).